The van der Waals surface area contributed by atoms with Crippen molar-refractivity contribution in [3.05, 3.63) is 28.8 Å². The third-order valence-corrected chi connectivity index (χ3v) is 4.01. The number of hydrogen-bond donors (Lipinski definition) is 1. The van der Waals surface area contributed by atoms with E-state index in [2.05, 4.69) is 19.2 Å². The minimum absolute atomic E-state index is 0.0246. The average molecular weight is 311 g/mol. The van der Waals surface area contributed by atoms with Crippen LogP contribution in [-0.4, -0.2) is 43.2 Å². The van der Waals surface area contributed by atoms with Crippen molar-refractivity contribution >= 4 is 23.2 Å². The van der Waals surface area contributed by atoms with Crippen LogP contribution in [-0.2, 0) is 4.74 Å². The molecule has 1 fully saturated rings. The fraction of sp³-hybridized carbons (Fsp3) is 0.562. The van der Waals surface area contributed by atoms with Gasteiger partial charge >= 0.3 is 0 Å². The van der Waals surface area contributed by atoms with Crippen molar-refractivity contribution in [1.82, 2.24) is 4.90 Å². The molecule has 0 bridgehead atoms. The number of rotatable bonds is 3. The van der Waals surface area contributed by atoms with E-state index < -0.39 is 0 Å². The Balaban J connectivity index is 2.15. The summed E-state index contributed by atoms with van der Waals surface area (Å²) in [5.74, 6) is -0.0246. The number of halogens is 1. The van der Waals surface area contributed by atoms with Crippen LogP contribution in [0, 0.1) is 0 Å². The van der Waals surface area contributed by atoms with Crippen LogP contribution in [0.2, 0.25) is 5.02 Å². The van der Waals surface area contributed by atoms with Gasteiger partial charge in [-0.25, -0.2) is 0 Å². The Labute approximate surface area is 131 Å². The highest BCUT2D eigenvalue weighted by atomic mass is 35.5. The van der Waals surface area contributed by atoms with Gasteiger partial charge in [-0.2, -0.15) is 0 Å². The van der Waals surface area contributed by atoms with Crippen LogP contribution in [0.3, 0.4) is 0 Å². The van der Waals surface area contributed by atoms with E-state index in [1.54, 1.807) is 31.1 Å². The topological polar surface area (TPSA) is 41.6 Å². The van der Waals surface area contributed by atoms with Gasteiger partial charge in [0.15, 0.2) is 0 Å². The Morgan fingerprint density at radius 3 is 2.48 bits per heavy atom. The summed E-state index contributed by atoms with van der Waals surface area (Å²) in [6.45, 7) is 4.16. The van der Waals surface area contributed by atoms with Gasteiger partial charge in [0.05, 0.1) is 22.9 Å². The lowest BCUT2D eigenvalue weighted by Crippen LogP contribution is -2.37. The molecule has 1 aliphatic heterocycles. The van der Waals surface area contributed by atoms with E-state index >= 15 is 0 Å². The summed E-state index contributed by atoms with van der Waals surface area (Å²) in [7, 11) is 3.48. The highest BCUT2D eigenvalue weighted by molar-refractivity contribution is 6.33. The fourth-order valence-electron chi connectivity index (χ4n) is 2.77. The quantitative estimate of drug-likeness (QED) is 0.930. The SMILES string of the molecule is CC1CC(Nc2cc(C(=O)N(C)C)ccc2Cl)CC(C)O1. The van der Waals surface area contributed by atoms with Crippen LogP contribution in [0.25, 0.3) is 0 Å². The second-order valence-corrected chi connectivity index (χ2v) is 6.37. The van der Waals surface area contributed by atoms with E-state index in [1.807, 2.05) is 6.07 Å². The molecule has 0 saturated carbocycles. The van der Waals surface area contributed by atoms with Gasteiger partial charge in [-0.15, -0.1) is 0 Å². The molecular weight excluding hydrogens is 288 g/mol. The van der Waals surface area contributed by atoms with Gasteiger partial charge < -0.3 is 15.0 Å². The summed E-state index contributed by atoms with van der Waals surface area (Å²) >= 11 is 6.25. The second-order valence-electron chi connectivity index (χ2n) is 5.96. The Kier molecular flexibility index (Phi) is 5.12. The van der Waals surface area contributed by atoms with Gasteiger partial charge in [-0.1, -0.05) is 11.6 Å². The zero-order chi connectivity index (χ0) is 15.6. The molecule has 2 atom stereocenters. The summed E-state index contributed by atoms with van der Waals surface area (Å²) < 4.78 is 5.74. The number of nitrogens with zero attached hydrogens (tertiary/aromatic N) is 1. The van der Waals surface area contributed by atoms with Crippen molar-refractivity contribution in [2.75, 3.05) is 19.4 Å². The highest BCUT2D eigenvalue weighted by Gasteiger charge is 2.25. The van der Waals surface area contributed by atoms with Gasteiger partial charge in [-0.3, -0.25) is 4.79 Å². The zero-order valence-corrected chi connectivity index (χ0v) is 13.8. The molecule has 5 heteroatoms. The van der Waals surface area contributed by atoms with Gasteiger partial charge in [-0.05, 0) is 44.9 Å². The van der Waals surface area contributed by atoms with Gasteiger partial charge in [0, 0.05) is 25.7 Å². The van der Waals surface area contributed by atoms with Crippen molar-refractivity contribution in [1.29, 1.82) is 0 Å². The fourth-order valence-corrected chi connectivity index (χ4v) is 2.94. The van der Waals surface area contributed by atoms with E-state index in [0.29, 0.717) is 16.6 Å². The van der Waals surface area contributed by atoms with Gasteiger partial charge in [0.25, 0.3) is 5.91 Å². The molecule has 0 spiro atoms. The Morgan fingerprint density at radius 1 is 1.29 bits per heavy atom. The molecule has 2 unspecified atom stereocenters. The number of carbonyl (C=O) groups is 1. The summed E-state index contributed by atoms with van der Waals surface area (Å²) in [4.78, 5) is 13.6. The largest absolute Gasteiger partial charge is 0.381 e. The first-order chi connectivity index (χ1) is 9.86. The molecule has 1 amide bonds. The summed E-state index contributed by atoms with van der Waals surface area (Å²) in [5.41, 5.74) is 1.45. The van der Waals surface area contributed by atoms with E-state index in [0.717, 1.165) is 18.5 Å². The monoisotopic (exact) mass is 310 g/mol. The third kappa shape index (κ3) is 4.11. The van der Waals surface area contributed by atoms with E-state index in [1.165, 1.54) is 0 Å². The molecule has 1 aliphatic rings. The summed E-state index contributed by atoms with van der Waals surface area (Å²) in [5, 5.41) is 4.10. The van der Waals surface area contributed by atoms with Gasteiger partial charge in [0.1, 0.15) is 0 Å². The molecule has 0 aromatic heterocycles. The van der Waals surface area contributed by atoms with Crippen LogP contribution in [0.4, 0.5) is 5.69 Å². The number of anilines is 1. The zero-order valence-electron chi connectivity index (χ0n) is 13.0. The van der Waals surface area contributed by atoms with Crippen molar-refractivity contribution in [3.8, 4) is 0 Å². The smallest absolute Gasteiger partial charge is 0.253 e. The molecule has 0 radical (unpaired) electrons. The Bertz CT molecular complexity index is 509. The number of ether oxygens (including phenoxy) is 1. The lowest BCUT2D eigenvalue weighted by atomic mass is 9.99. The lowest BCUT2D eigenvalue weighted by Gasteiger charge is -2.33. The minimum atomic E-state index is -0.0246. The first-order valence-corrected chi connectivity index (χ1v) is 7.67. The molecule has 1 saturated heterocycles. The minimum Gasteiger partial charge on any atom is -0.381 e. The van der Waals surface area contributed by atoms with Crippen molar-refractivity contribution in [2.45, 2.75) is 44.9 Å². The van der Waals surface area contributed by atoms with Crippen LogP contribution in [0.1, 0.15) is 37.0 Å². The van der Waals surface area contributed by atoms with Crippen molar-refractivity contribution in [3.63, 3.8) is 0 Å². The molecule has 116 valence electrons. The molecule has 1 heterocycles. The van der Waals surface area contributed by atoms with Gasteiger partial charge in [0.2, 0.25) is 0 Å². The number of benzene rings is 1. The second kappa shape index (κ2) is 6.67. The molecule has 1 aromatic carbocycles. The maximum atomic E-state index is 12.0. The first-order valence-electron chi connectivity index (χ1n) is 7.30. The Morgan fingerprint density at radius 2 is 1.90 bits per heavy atom. The average Bonchev–Trinajstić information content (AvgIpc) is 2.39. The number of amides is 1. The number of nitrogens with one attached hydrogen (secondary N) is 1. The molecule has 0 aliphatic carbocycles. The predicted molar refractivity (Wildman–Crippen MR) is 86.1 cm³/mol. The molecule has 2 rings (SSSR count). The first kappa shape index (κ1) is 16.1. The summed E-state index contributed by atoms with van der Waals surface area (Å²) in [6.07, 6.45) is 2.34. The van der Waals surface area contributed by atoms with E-state index in [4.69, 9.17) is 16.3 Å². The molecular formula is C16H23ClN2O2. The standard InChI is InChI=1S/C16H23ClN2O2/c1-10-7-13(8-11(2)21-10)18-15-9-12(5-6-14(15)17)16(20)19(3)4/h5-6,9-11,13,18H,7-8H2,1-4H3. The van der Waals surface area contributed by atoms with E-state index in [9.17, 15) is 4.79 Å². The maximum Gasteiger partial charge on any atom is 0.253 e. The molecule has 21 heavy (non-hydrogen) atoms. The van der Waals surface area contributed by atoms with Crippen molar-refractivity contribution in [2.24, 2.45) is 0 Å². The van der Waals surface area contributed by atoms with Crippen LogP contribution < -0.4 is 5.32 Å². The van der Waals surface area contributed by atoms with E-state index in [-0.39, 0.29) is 18.1 Å². The van der Waals surface area contributed by atoms with Crippen molar-refractivity contribution < 1.29 is 9.53 Å². The number of hydrogen-bond acceptors (Lipinski definition) is 3. The Hall–Kier alpha value is -1.26. The van der Waals surface area contributed by atoms with Crippen LogP contribution in [0.15, 0.2) is 18.2 Å². The molecule has 1 N–H and O–H groups in total. The number of carbonyl (C=O) groups excluding carboxylic acids is 1. The molecule has 1 aromatic rings. The lowest BCUT2D eigenvalue weighted by molar-refractivity contribution is -0.0337. The van der Waals surface area contributed by atoms with Crippen LogP contribution >= 0.6 is 11.6 Å². The maximum absolute atomic E-state index is 12.0. The molecule has 4 nitrogen and oxygen atoms in total. The van der Waals surface area contributed by atoms with Crippen LogP contribution in [0.5, 0.6) is 0 Å². The summed E-state index contributed by atoms with van der Waals surface area (Å²) in [6, 6.07) is 5.67. The third-order valence-electron chi connectivity index (χ3n) is 3.68. The normalized spacial score (nSPS) is 25.5. The predicted octanol–water partition coefficient (Wildman–Crippen LogP) is 3.41. The highest BCUT2D eigenvalue weighted by Crippen LogP contribution is 2.28.